The van der Waals surface area contributed by atoms with E-state index in [9.17, 15) is 14.7 Å². The minimum atomic E-state index is -0.949. The van der Waals surface area contributed by atoms with Gasteiger partial charge in [0, 0.05) is 0 Å². The lowest BCUT2D eigenvalue weighted by Gasteiger charge is -2.17. The topological polar surface area (TPSA) is 86.6 Å². The number of hydrogen-bond donors (Lipinski definition) is 3. The number of carboxylic acids is 1. The molecule has 0 heterocycles. The van der Waals surface area contributed by atoms with Crippen molar-refractivity contribution in [2.45, 2.75) is 19.9 Å². The Kier molecular flexibility index (Phi) is 3.81. The van der Waals surface area contributed by atoms with Gasteiger partial charge in [0.25, 0.3) is 0 Å². The number of carbonyl (C=O) groups is 2. The fourth-order valence-corrected chi connectivity index (χ4v) is 2.77. The molecular formula is C15H19NO4. The molecule has 1 aromatic rings. The van der Waals surface area contributed by atoms with Gasteiger partial charge in [-0.15, -0.1) is 0 Å². The number of aliphatic hydroxyl groups is 1. The molecule has 3 atom stereocenters. The molecule has 1 fully saturated rings. The Balaban J connectivity index is 2.07. The largest absolute Gasteiger partial charge is 0.481 e. The van der Waals surface area contributed by atoms with E-state index >= 15 is 0 Å². The van der Waals surface area contributed by atoms with Crippen molar-refractivity contribution in [3.8, 4) is 0 Å². The van der Waals surface area contributed by atoms with E-state index in [4.69, 9.17) is 5.11 Å². The van der Waals surface area contributed by atoms with Gasteiger partial charge in [-0.2, -0.15) is 0 Å². The zero-order chi connectivity index (χ0) is 14.9. The van der Waals surface area contributed by atoms with E-state index in [0.29, 0.717) is 0 Å². The van der Waals surface area contributed by atoms with Crippen LogP contribution in [-0.2, 0) is 9.59 Å². The van der Waals surface area contributed by atoms with Gasteiger partial charge in [0.1, 0.15) is 0 Å². The number of nitrogens with one attached hydrogen (secondary N) is 1. The van der Waals surface area contributed by atoms with Gasteiger partial charge in [0.05, 0.1) is 24.5 Å². The minimum absolute atomic E-state index is 0.222. The molecule has 1 aromatic carbocycles. The number of carbonyl (C=O) groups excluding carboxylic acids is 1. The third-order valence-electron chi connectivity index (χ3n) is 4.08. The molecule has 1 saturated carbocycles. The van der Waals surface area contributed by atoms with Crippen LogP contribution in [0.15, 0.2) is 30.3 Å². The first-order valence-corrected chi connectivity index (χ1v) is 6.58. The van der Waals surface area contributed by atoms with Crippen LogP contribution in [0.3, 0.4) is 0 Å². The molecular weight excluding hydrogens is 258 g/mol. The van der Waals surface area contributed by atoms with Gasteiger partial charge in [-0.1, -0.05) is 44.2 Å². The zero-order valence-electron chi connectivity index (χ0n) is 11.5. The third-order valence-corrected chi connectivity index (χ3v) is 4.08. The van der Waals surface area contributed by atoms with Crippen LogP contribution in [0.5, 0.6) is 0 Å². The highest BCUT2D eigenvalue weighted by molar-refractivity contribution is 5.91. The van der Waals surface area contributed by atoms with E-state index in [1.54, 1.807) is 13.8 Å². The fourth-order valence-electron chi connectivity index (χ4n) is 2.77. The highest BCUT2D eigenvalue weighted by Crippen LogP contribution is 2.58. The fraction of sp³-hybridized carbons (Fsp3) is 0.467. The van der Waals surface area contributed by atoms with Crippen LogP contribution in [-0.4, -0.2) is 28.7 Å². The van der Waals surface area contributed by atoms with Crippen molar-refractivity contribution < 1.29 is 19.8 Å². The molecule has 0 aromatic heterocycles. The molecule has 5 heteroatoms. The highest BCUT2D eigenvalue weighted by atomic mass is 16.4. The monoisotopic (exact) mass is 277 g/mol. The van der Waals surface area contributed by atoms with Crippen LogP contribution in [0.4, 0.5) is 0 Å². The van der Waals surface area contributed by atoms with Crippen molar-refractivity contribution >= 4 is 11.9 Å². The molecule has 0 saturated heterocycles. The van der Waals surface area contributed by atoms with E-state index < -0.39 is 29.3 Å². The lowest BCUT2D eigenvalue weighted by atomic mass is 10.1. The molecule has 0 bridgehead atoms. The summed E-state index contributed by atoms with van der Waals surface area (Å²) >= 11 is 0. The maximum absolute atomic E-state index is 12.2. The van der Waals surface area contributed by atoms with Gasteiger partial charge >= 0.3 is 5.97 Å². The Hall–Kier alpha value is -1.88. The predicted octanol–water partition coefficient (Wildman–Crippen LogP) is 1.19. The minimum Gasteiger partial charge on any atom is -0.481 e. The van der Waals surface area contributed by atoms with E-state index in [2.05, 4.69) is 5.32 Å². The predicted molar refractivity (Wildman–Crippen MR) is 72.8 cm³/mol. The quantitative estimate of drug-likeness (QED) is 0.754. The van der Waals surface area contributed by atoms with Crippen molar-refractivity contribution in [1.82, 2.24) is 5.32 Å². The molecule has 0 unspecified atom stereocenters. The van der Waals surface area contributed by atoms with Crippen molar-refractivity contribution in [3.05, 3.63) is 35.9 Å². The second-order valence-corrected chi connectivity index (χ2v) is 5.77. The van der Waals surface area contributed by atoms with Crippen LogP contribution >= 0.6 is 0 Å². The van der Waals surface area contributed by atoms with E-state index in [1.807, 2.05) is 30.3 Å². The van der Waals surface area contributed by atoms with Crippen LogP contribution in [0.2, 0.25) is 0 Å². The first-order chi connectivity index (χ1) is 9.39. The van der Waals surface area contributed by atoms with E-state index in [1.165, 1.54) is 0 Å². The van der Waals surface area contributed by atoms with E-state index in [0.717, 1.165) is 5.56 Å². The summed E-state index contributed by atoms with van der Waals surface area (Å²) in [6.07, 6.45) is 0. The summed E-state index contributed by atoms with van der Waals surface area (Å²) in [7, 11) is 0. The second-order valence-electron chi connectivity index (χ2n) is 5.77. The molecule has 3 N–H and O–H groups in total. The smallest absolute Gasteiger partial charge is 0.307 e. The number of hydrogen-bond acceptors (Lipinski definition) is 3. The molecule has 1 aliphatic rings. The molecule has 0 radical (unpaired) electrons. The molecule has 0 aliphatic heterocycles. The van der Waals surface area contributed by atoms with Gasteiger partial charge < -0.3 is 15.5 Å². The summed E-state index contributed by atoms with van der Waals surface area (Å²) in [6, 6.07) is 8.62. The van der Waals surface area contributed by atoms with E-state index in [-0.39, 0.29) is 12.5 Å². The molecule has 1 amide bonds. The van der Waals surface area contributed by atoms with Gasteiger partial charge in [0.15, 0.2) is 0 Å². The SMILES string of the molecule is CC1(C)[C@H](C(=O)O)[C@@H]1C(=O)N[C@@H](CO)c1ccccc1. The Labute approximate surface area is 117 Å². The number of amides is 1. The Morgan fingerprint density at radius 3 is 2.30 bits per heavy atom. The van der Waals surface area contributed by atoms with Crippen LogP contribution in [0, 0.1) is 17.3 Å². The molecule has 108 valence electrons. The van der Waals surface area contributed by atoms with Gasteiger partial charge in [-0.3, -0.25) is 9.59 Å². The van der Waals surface area contributed by atoms with Crippen molar-refractivity contribution in [2.75, 3.05) is 6.61 Å². The standard InChI is InChI=1S/C15H19NO4/c1-15(2)11(12(15)14(19)20)13(18)16-10(8-17)9-6-4-3-5-7-9/h3-7,10-12,17H,8H2,1-2H3,(H,16,18)(H,19,20)/t10-,11+,12-/m0/s1. The number of benzene rings is 1. The number of aliphatic carboxylic acids is 1. The van der Waals surface area contributed by atoms with Crippen LogP contribution in [0.1, 0.15) is 25.5 Å². The van der Waals surface area contributed by atoms with Gasteiger partial charge in [0.2, 0.25) is 5.91 Å². The summed E-state index contributed by atoms with van der Waals surface area (Å²) in [4.78, 5) is 23.3. The molecule has 5 nitrogen and oxygen atoms in total. The summed E-state index contributed by atoms with van der Waals surface area (Å²) in [5, 5.41) is 21.2. The summed E-state index contributed by atoms with van der Waals surface area (Å²) in [5.41, 5.74) is 0.265. The Bertz CT molecular complexity index is 512. The van der Waals surface area contributed by atoms with Crippen molar-refractivity contribution in [3.63, 3.8) is 0 Å². The normalized spacial score (nSPS) is 24.8. The molecule has 1 aliphatic carbocycles. The van der Waals surface area contributed by atoms with Gasteiger partial charge in [-0.25, -0.2) is 0 Å². The maximum atomic E-state index is 12.2. The summed E-state index contributed by atoms with van der Waals surface area (Å²) in [6.45, 7) is 3.32. The maximum Gasteiger partial charge on any atom is 0.307 e. The van der Waals surface area contributed by atoms with Crippen molar-refractivity contribution in [1.29, 1.82) is 0 Å². The number of carboxylic acid groups (broad SMARTS) is 1. The second kappa shape index (κ2) is 5.25. The molecule has 2 rings (SSSR count). The first-order valence-electron chi connectivity index (χ1n) is 6.58. The number of aliphatic hydroxyl groups excluding tert-OH is 1. The van der Waals surface area contributed by atoms with Crippen molar-refractivity contribution in [2.24, 2.45) is 17.3 Å². The number of rotatable bonds is 5. The lowest BCUT2D eigenvalue weighted by Crippen LogP contribution is -2.33. The average Bonchev–Trinajstić information content (AvgIpc) is 3.00. The molecule has 20 heavy (non-hydrogen) atoms. The highest BCUT2D eigenvalue weighted by Gasteiger charge is 2.66. The third kappa shape index (κ3) is 2.54. The summed E-state index contributed by atoms with van der Waals surface area (Å²) < 4.78 is 0. The summed E-state index contributed by atoms with van der Waals surface area (Å²) in [5.74, 6) is -2.46. The Morgan fingerprint density at radius 1 is 1.25 bits per heavy atom. The van der Waals surface area contributed by atoms with Gasteiger partial charge in [-0.05, 0) is 11.0 Å². The molecule has 0 spiro atoms. The zero-order valence-corrected chi connectivity index (χ0v) is 11.5. The Morgan fingerprint density at radius 2 is 1.85 bits per heavy atom. The van der Waals surface area contributed by atoms with Crippen LogP contribution in [0.25, 0.3) is 0 Å². The average molecular weight is 277 g/mol. The van der Waals surface area contributed by atoms with Crippen LogP contribution < -0.4 is 5.32 Å². The first kappa shape index (κ1) is 14.5. The lowest BCUT2D eigenvalue weighted by molar-refractivity contribution is -0.140.